The minimum atomic E-state index is -0.965. The van der Waals surface area contributed by atoms with Gasteiger partial charge in [0.05, 0.1) is 5.69 Å². The number of carbonyl (C=O) groups excluding carboxylic acids is 2. The standard InChI is InChI=1S/C18H22N2O5/c1-12-6-8-20(14(10-12)18(23)24)16(21)7-9-19-13-4-2-3-5-15(13)25-11-17(19)22/h2-5,12,14H,6-11H2,1H3,(H,23,24). The van der Waals surface area contributed by atoms with Crippen LogP contribution in [0.2, 0.25) is 0 Å². The molecule has 0 aliphatic carbocycles. The van der Waals surface area contributed by atoms with Crippen molar-refractivity contribution in [3.8, 4) is 5.75 Å². The Labute approximate surface area is 146 Å². The summed E-state index contributed by atoms with van der Waals surface area (Å²) in [5.74, 6) is -0.486. The van der Waals surface area contributed by atoms with Crippen molar-refractivity contribution in [3.05, 3.63) is 24.3 Å². The molecule has 1 aromatic rings. The van der Waals surface area contributed by atoms with Crippen molar-refractivity contribution in [2.24, 2.45) is 5.92 Å². The van der Waals surface area contributed by atoms with Gasteiger partial charge in [-0.05, 0) is 30.9 Å². The summed E-state index contributed by atoms with van der Waals surface area (Å²) in [6, 6.07) is 6.42. The third-order valence-electron chi connectivity index (χ3n) is 4.83. The second kappa shape index (κ2) is 7.13. The molecular weight excluding hydrogens is 324 g/mol. The molecule has 2 atom stereocenters. The molecule has 1 N–H and O–H groups in total. The van der Waals surface area contributed by atoms with Crippen LogP contribution in [0.5, 0.6) is 5.75 Å². The van der Waals surface area contributed by atoms with Crippen molar-refractivity contribution >= 4 is 23.5 Å². The molecule has 2 heterocycles. The number of carbonyl (C=O) groups is 3. The van der Waals surface area contributed by atoms with Crippen molar-refractivity contribution in [2.45, 2.75) is 32.2 Å². The maximum Gasteiger partial charge on any atom is 0.326 e. The van der Waals surface area contributed by atoms with Crippen LogP contribution in [0.25, 0.3) is 0 Å². The van der Waals surface area contributed by atoms with Gasteiger partial charge < -0.3 is 19.6 Å². The third kappa shape index (κ3) is 3.60. The minimum Gasteiger partial charge on any atom is -0.482 e. The number of para-hydroxylation sites is 2. The van der Waals surface area contributed by atoms with Gasteiger partial charge in [-0.25, -0.2) is 4.79 Å². The molecule has 0 bridgehead atoms. The van der Waals surface area contributed by atoms with Gasteiger partial charge in [-0.3, -0.25) is 9.59 Å². The molecule has 0 saturated carbocycles. The highest BCUT2D eigenvalue weighted by molar-refractivity contribution is 5.98. The van der Waals surface area contributed by atoms with Crippen molar-refractivity contribution in [3.63, 3.8) is 0 Å². The van der Waals surface area contributed by atoms with Gasteiger partial charge in [0.2, 0.25) is 5.91 Å². The van der Waals surface area contributed by atoms with Crippen molar-refractivity contribution in [1.82, 2.24) is 4.90 Å². The first-order valence-corrected chi connectivity index (χ1v) is 8.52. The second-order valence-electron chi connectivity index (χ2n) is 6.62. The van der Waals surface area contributed by atoms with E-state index < -0.39 is 12.0 Å². The molecule has 2 aliphatic heterocycles. The largest absolute Gasteiger partial charge is 0.482 e. The lowest BCUT2D eigenvalue weighted by Gasteiger charge is -2.36. The summed E-state index contributed by atoms with van der Waals surface area (Å²) in [6.07, 6.45) is 1.37. The van der Waals surface area contributed by atoms with Gasteiger partial charge in [-0.2, -0.15) is 0 Å². The topological polar surface area (TPSA) is 87.2 Å². The minimum absolute atomic E-state index is 0.0514. The summed E-state index contributed by atoms with van der Waals surface area (Å²) in [5, 5.41) is 9.39. The second-order valence-corrected chi connectivity index (χ2v) is 6.62. The summed E-state index contributed by atoms with van der Waals surface area (Å²) in [5.41, 5.74) is 0.647. The summed E-state index contributed by atoms with van der Waals surface area (Å²) in [6.45, 7) is 2.62. The molecule has 0 radical (unpaired) electrons. The zero-order chi connectivity index (χ0) is 18.0. The summed E-state index contributed by atoms with van der Waals surface area (Å²) >= 11 is 0. The first kappa shape index (κ1) is 17.3. The normalized spacial score (nSPS) is 23.0. The summed E-state index contributed by atoms with van der Waals surface area (Å²) < 4.78 is 5.39. The van der Waals surface area contributed by atoms with Crippen LogP contribution < -0.4 is 9.64 Å². The Bertz CT molecular complexity index is 690. The SMILES string of the molecule is CC1CCN(C(=O)CCN2C(=O)COc3ccccc32)C(C(=O)O)C1. The maximum atomic E-state index is 12.6. The van der Waals surface area contributed by atoms with E-state index in [9.17, 15) is 19.5 Å². The summed E-state index contributed by atoms with van der Waals surface area (Å²) in [4.78, 5) is 39.2. The van der Waals surface area contributed by atoms with Crippen LogP contribution in [0, 0.1) is 5.92 Å². The number of hydrogen-bond donors (Lipinski definition) is 1. The van der Waals surface area contributed by atoms with Crippen LogP contribution in [0.4, 0.5) is 5.69 Å². The molecule has 134 valence electrons. The number of rotatable bonds is 4. The zero-order valence-corrected chi connectivity index (χ0v) is 14.2. The van der Waals surface area contributed by atoms with Crippen molar-refractivity contribution in [2.75, 3.05) is 24.6 Å². The van der Waals surface area contributed by atoms with E-state index in [0.717, 1.165) is 6.42 Å². The fraction of sp³-hybridized carbons (Fsp3) is 0.500. The van der Waals surface area contributed by atoms with Crippen LogP contribution in [0.3, 0.4) is 0 Å². The molecule has 1 saturated heterocycles. The number of aliphatic carboxylic acids is 1. The Morgan fingerprint density at radius 3 is 2.84 bits per heavy atom. The van der Waals surface area contributed by atoms with Gasteiger partial charge in [-0.1, -0.05) is 19.1 Å². The number of benzene rings is 1. The lowest BCUT2D eigenvalue weighted by Crippen LogP contribution is -2.50. The number of amides is 2. The highest BCUT2D eigenvalue weighted by Crippen LogP contribution is 2.31. The average Bonchev–Trinajstić information content (AvgIpc) is 2.60. The number of anilines is 1. The highest BCUT2D eigenvalue weighted by Gasteiger charge is 2.35. The molecule has 2 unspecified atom stereocenters. The van der Waals surface area contributed by atoms with E-state index in [1.165, 1.54) is 4.90 Å². The fourth-order valence-corrected chi connectivity index (χ4v) is 3.42. The van der Waals surface area contributed by atoms with Crippen LogP contribution >= 0.6 is 0 Å². The molecule has 2 amide bonds. The van der Waals surface area contributed by atoms with E-state index in [2.05, 4.69) is 0 Å². The van der Waals surface area contributed by atoms with E-state index in [0.29, 0.717) is 24.4 Å². The number of likely N-dealkylation sites (tertiary alicyclic amines) is 1. The predicted octanol–water partition coefficient (Wildman–Crippen LogP) is 1.51. The Balaban J connectivity index is 1.68. The van der Waals surface area contributed by atoms with Gasteiger partial charge in [0.1, 0.15) is 11.8 Å². The molecule has 0 aromatic heterocycles. The lowest BCUT2D eigenvalue weighted by molar-refractivity contribution is -0.153. The van der Waals surface area contributed by atoms with Crippen LogP contribution in [0.1, 0.15) is 26.2 Å². The molecule has 3 rings (SSSR count). The molecule has 0 spiro atoms. The first-order chi connectivity index (χ1) is 12.0. The number of nitrogens with zero attached hydrogens (tertiary/aromatic N) is 2. The van der Waals surface area contributed by atoms with Gasteiger partial charge in [0, 0.05) is 19.5 Å². The third-order valence-corrected chi connectivity index (χ3v) is 4.83. The maximum absolute atomic E-state index is 12.6. The monoisotopic (exact) mass is 346 g/mol. The number of ether oxygens (including phenoxy) is 1. The predicted molar refractivity (Wildman–Crippen MR) is 90.4 cm³/mol. The molecular formula is C18H22N2O5. The first-order valence-electron chi connectivity index (χ1n) is 8.52. The Morgan fingerprint density at radius 1 is 1.32 bits per heavy atom. The fourth-order valence-electron chi connectivity index (χ4n) is 3.42. The number of hydrogen-bond acceptors (Lipinski definition) is 4. The number of carboxylic acid groups (broad SMARTS) is 1. The van der Waals surface area contributed by atoms with E-state index in [-0.39, 0.29) is 37.3 Å². The Hall–Kier alpha value is -2.57. The van der Waals surface area contributed by atoms with Crippen molar-refractivity contribution in [1.29, 1.82) is 0 Å². The molecule has 2 aliphatic rings. The van der Waals surface area contributed by atoms with Crippen LogP contribution in [-0.2, 0) is 14.4 Å². The average molecular weight is 346 g/mol. The van der Waals surface area contributed by atoms with Crippen LogP contribution in [-0.4, -0.2) is 53.5 Å². The molecule has 1 aromatic carbocycles. The zero-order valence-electron chi connectivity index (χ0n) is 14.2. The Morgan fingerprint density at radius 2 is 2.08 bits per heavy atom. The summed E-state index contributed by atoms with van der Waals surface area (Å²) in [7, 11) is 0. The van der Waals surface area contributed by atoms with Gasteiger partial charge >= 0.3 is 5.97 Å². The van der Waals surface area contributed by atoms with Crippen LogP contribution in [0.15, 0.2) is 24.3 Å². The van der Waals surface area contributed by atoms with Gasteiger partial charge in [0.15, 0.2) is 6.61 Å². The molecule has 7 heteroatoms. The van der Waals surface area contributed by atoms with E-state index in [1.54, 1.807) is 17.0 Å². The van der Waals surface area contributed by atoms with E-state index in [1.807, 2.05) is 19.1 Å². The number of carboxylic acids is 1. The van der Waals surface area contributed by atoms with Crippen molar-refractivity contribution < 1.29 is 24.2 Å². The molecule has 1 fully saturated rings. The highest BCUT2D eigenvalue weighted by atomic mass is 16.5. The van der Waals surface area contributed by atoms with Gasteiger partial charge in [0.25, 0.3) is 5.91 Å². The van der Waals surface area contributed by atoms with Gasteiger partial charge in [-0.15, -0.1) is 0 Å². The van der Waals surface area contributed by atoms with E-state index in [4.69, 9.17) is 4.74 Å². The lowest BCUT2D eigenvalue weighted by atomic mass is 9.92. The number of fused-ring (bicyclic) bond motifs is 1. The molecule has 7 nitrogen and oxygen atoms in total. The molecule has 25 heavy (non-hydrogen) atoms. The Kier molecular flexibility index (Phi) is 4.92. The number of piperidine rings is 1. The smallest absolute Gasteiger partial charge is 0.326 e. The van der Waals surface area contributed by atoms with E-state index >= 15 is 0 Å². The quantitative estimate of drug-likeness (QED) is 0.893.